The molecule has 1 aromatic heterocycles. The first-order chi connectivity index (χ1) is 8.18. The fraction of sp³-hybridized carbons (Fsp3) is 0.455. The first kappa shape index (κ1) is 13.0. The van der Waals surface area contributed by atoms with Gasteiger partial charge in [0.15, 0.2) is 0 Å². The van der Waals surface area contributed by atoms with Crippen LogP contribution in [0.2, 0.25) is 0 Å². The summed E-state index contributed by atoms with van der Waals surface area (Å²) in [5.41, 5.74) is 2.58. The van der Waals surface area contributed by atoms with E-state index < -0.39 is 0 Å². The molecular weight excluding hydrogens is 272 g/mol. The van der Waals surface area contributed by atoms with Crippen LogP contribution in [0.1, 0.15) is 18.2 Å². The monoisotopic (exact) mass is 286 g/mol. The summed E-state index contributed by atoms with van der Waals surface area (Å²) in [6.45, 7) is 2.12. The lowest BCUT2D eigenvalue weighted by Gasteiger charge is -2.19. The Morgan fingerprint density at radius 2 is 2.35 bits per heavy atom. The SMILES string of the molecule is CC1(CC(=O)N/N=C\c2cccs2)SCCS1. The fourth-order valence-corrected chi connectivity index (χ4v) is 4.94. The Bertz CT molecular complexity index is 397. The van der Waals surface area contributed by atoms with Gasteiger partial charge >= 0.3 is 0 Å². The molecular formula is C11H14N2OS3. The molecule has 3 nitrogen and oxygen atoms in total. The molecule has 1 aliphatic heterocycles. The molecule has 0 bridgehead atoms. The Labute approximate surface area is 113 Å². The zero-order valence-electron chi connectivity index (χ0n) is 9.51. The third-order valence-corrected chi connectivity index (χ3v) is 6.40. The lowest BCUT2D eigenvalue weighted by molar-refractivity contribution is -0.121. The molecule has 92 valence electrons. The highest BCUT2D eigenvalue weighted by Gasteiger charge is 2.32. The topological polar surface area (TPSA) is 41.5 Å². The molecule has 2 heterocycles. The van der Waals surface area contributed by atoms with Crippen molar-refractivity contribution in [2.45, 2.75) is 17.4 Å². The molecule has 1 fully saturated rings. The number of nitrogens with zero attached hydrogens (tertiary/aromatic N) is 1. The summed E-state index contributed by atoms with van der Waals surface area (Å²) in [5, 5.41) is 5.94. The number of hydrogen-bond donors (Lipinski definition) is 1. The fourth-order valence-electron chi connectivity index (χ4n) is 1.52. The minimum Gasteiger partial charge on any atom is -0.273 e. The third-order valence-electron chi connectivity index (χ3n) is 2.30. The number of carbonyl (C=O) groups is 1. The van der Waals surface area contributed by atoms with Gasteiger partial charge in [-0.1, -0.05) is 6.07 Å². The molecule has 0 spiro atoms. The Hall–Kier alpha value is -0.460. The van der Waals surface area contributed by atoms with Gasteiger partial charge in [0.25, 0.3) is 0 Å². The molecule has 1 aromatic rings. The van der Waals surface area contributed by atoms with E-state index in [1.807, 2.05) is 41.0 Å². The highest BCUT2D eigenvalue weighted by molar-refractivity contribution is 8.21. The summed E-state index contributed by atoms with van der Waals surface area (Å²) in [6.07, 6.45) is 2.20. The maximum atomic E-state index is 11.7. The van der Waals surface area contributed by atoms with E-state index in [0.717, 1.165) is 16.4 Å². The average Bonchev–Trinajstić information content (AvgIpc) is 2.90. The summed E-state index contributed by atoms with van der Waals surface area (Å²) < 4.78 is 0.0303. The van der Waals surface area contributed by atoms with Gasteiger partial charge in [-0.05, 0) is 18.4 Å². The summed E-state index contributed by atoms with van der Waals surface area (Å²) in [6, 6.07) is 3.92. The second kappa shape index (κ2) is 5.93. The predicted molar refractivity (Wildman–Crippen MR) is 78.0 cm³/mol. The second-order valence-corrected chi connectivity index (χ2v) is 8.25. The Balaban J connectivity index is 1.78. The Morgan fingerprint density at radius 1 is 1.59 bits per heavy atom. The van der Waals surface area contributed by atoms with E-state index in [0.29, 0.717) is 6.42 Å². The summed E-state index contributed by atoms with van der Waals surface area (Å²) in [4.78, 5) is 12.7. The van der Waals surface area contributed by atoms with E-state index in [9.17, 15) is 4.79 Å². The molecule has 1 saturated heterocycles. The van der Waals surface area contributed by atoms with Crippen molar-refractivity contribution < 1.29 is 4.79 Å². The van der Waals surface area contributed by atoms with Crippen LogP contribution in [0.15, 0.2) is 22.6 Å². The highest BCUT2D eigenvalue weighted by atomic mass is 32.2. The molecule has 1 aliphatic rings. The zero-order valence-corrected chi connectivity index (χ0v) is 12.0. The summed E-state index contributed by atoms with van der Waals surface area (Å²) in [7, 11) is 0. The number of nitrogens with one attached hydrogen (secondary N) is 1. The standard InChI is InChI=1S/C11H14N2OS3/c1-11(16-5-6-17-11)7-10(14)13-12-8-9-3-2-4-15-9/h2-4,8H,5-7H2,1H3,(H,13,14)/b12-8-. The average molecular weight is 286 g/mol. The van der Waals surface area contributed by atoms with Gasteiger partial charge in [-0.3, -0.25) is 4.79 Å². The first-order valence-corrected chi connectivity index (χ1v) is 8.16. The minimum absolute atomic E-state index is 0.0118. The Morgan fingerprint density at radius 3 is 3.00 bits per heavy atom. The number of thiophene rings is 1. The minimum atomic E-state index is -0.0118. The number of amides is 1. The van der Waals surface area contributed by atoms with E-state index in [2.05, 4.69) is 17.5 Å². The molecule has 0 radical (unpaired) electrons. The van der Waals surface area contributed by atoms with Crippen LogP contribution in [0.5, 0.6) is 0 Å². The van der Waals surface area contributed by atoms with Crippen LogP contribution in [0.25, 0.3) is 0 Å². The number of rotatable bonds is 4. The predicted octanol–water partition coefficient (Wildman–Crippen LogP) is 2.78. The van der Waals surface area contributed by atoms with Gasteiger partial charge in [0, 0.05) is 16.4 Å². The van der Waals surface area contributed by atoms with Gasteiger partial charge in [-0.25, -0.2) is 5.43 Å². The maximum absolute atomic E-state index is 11.7. The highest BCUT2D eigenvalue weighted by Crippen LogP contribution is 2.45. The van der Waals surface area contributed by atoms with Gasteiger partial charge in [-0.15, -0.1) is 34.9 Å². The van der Waals surface area contributed by atoms with Gasteiger partial charge in [0.1, 0.15) is 0 Å². The molecule has 6 heteroatoms. The van der Waals surface area contributed by atoms with Crippen molar-refractivity contribution in [3.63, 3.8) is 0 Å². The van der Waals surface area contributed by atoms with Crippen molar-refractivity contribution in [3.05, 3.63) is 22.4 Å². The van der Waals surface area contributed by atoms with E-state index in [1.54, 1.807) is 17.6 Å². The van der Waals surface area contributed by atoms with Crippen molar-refractivity contribution >= 4 is 47.0 Å². The zero-order chi connectivity index (χ0) is 12.1. The van der Waals surface area contributed by atoms with Gasteiger partial charge in [-0.2, -0.15) is 5.10 Å². The second-order valence-electron chi connectivity index (χ2n) is 3.82. The number of carbonyl (C=O) groups excluding carboxylic acids is 1. The van der Waals surface area contributed by atoms with E-state index >= 15 is 0 Å². The summed E-state index contributed by atoms with van der Waals surface area (Å²) >= 11 is 5.31. The normalized spacial score (nSPS) is 18.6. The van der Waals surface area contributed by atoms with Crippen molar-refractivity contribution in [2.75, 3.05) is 11.5 Å². The number of hydrazone groups is 1. The lowest BCUT2D eigenvalue weighted by atomic mass is 10.3. The molecule has 17 heavy (non-hydrogen) atoms. The van der Waals surface area contributed by atoms with Gasteiger partial charge < -0.3 is 0 Å². The molecule has 2 rings (SSSR count). The van der Waals surface area contributed by atoms with Crippen LogP contribution in [-0.2, 0) is 4.79 Å². The van der Waals surface area contributed by atoms with E-state index in [1.165, 1.54) is 0 Å². The quantitative estimate of drug-likeness (QED) is 0.683. The van der Waals surface area contributed by atoms with E-state index in [-0.39, 0.29) is 9.99 Å². The maximum Gasteiger partial charge on any atom is 0.242 e. The molecule has 0 unspecified atom stereocenters. The van der Waals surface area contributed by atoms with Crippen LogP contribution in [0.3, 0.4) is 0 Å². The molecule has 0 atom stereocenters. The number of thioether (sulfide) groups is 2. The lowest BCUT2D eigenvalue weighted by Crippen LogP contribution is -2.26. The van der Waals surface area contributed by atoms with Crippen LogP contribution in [0, 0.1) is 0 Å². The number of hydrogen-bond acceptors (Lipinski definition) is 5. The van der Waals surface area contributed by atoms with E-state index in [4.69, 9.17) is 0 Å². The summed E-state index contributed by atoms with van der Waals surface area (Å²) in [5.74, 6) is 2.25. The van der Waals surface area contributed by atoms with Crippen molar-refractivity contribution in [1.82, 2.24) is 5.43 Å². The van der Waals surface area contributed by atoms with Crippen molar-refractivity contribution in [2.24, 2.45) is 5.10 Å². The molecule has 0 aromatic carbocycles. The molecule has 1 N–H and O–H groups in total. The third kappa shape index (κ3) is 4.04. The van der Waals surface area contributed by atoms with Crippen molar-refractivity contribution in [1.29, 1.82) is 0 Å². The van der Waals surface area contributed by atoms with Gasteiger partial charge in [0.2, 0.25) is 5.91 Å². The van der Waals surface area contributed by atoms with Gasteiger partial charge in [0.05, 0.1) is 16.7 Å². The molecule has 0 saturated carbocycles. The van der Waals surface area contributed by atoms with Crippen LogP contribution in [0.4, 0.5) is 0 Å². The van der Waals surface area contributed by atoms with Crippen LogP contribution >= 0.6 is 34.9 Å². The first-order valence-electron chi connectivity index (χ1n) is 5.31. The Kier molecular flexibility index (Phi) is 4.53. The molecule has 0 aliphatic carbocycles. The van der Waals surface area contributed by atoms with Crippen molar-refractivity contribution in [3.8, 4) is 0 Å². The van der Waals surface area contributed by atoms with Crippen LogP contribution in [-0.4, -0.2) is 27.7 Å². The molecule has 1 amide bonds. The largest absolute Gasteiger partial charge is 0.273 e. The van der Waals surface area contributed by atoms with Crippen LogP contribution < -0.4 is 5.43 Å². The smallest absolute Gasteiger partial charge is 0.242 e.